The number of hydrogen-bond acceptors (Lipinski definition) is 5. The molecule has 2 aromatic rings. The molecule has 1 fully saturated rings. The number of amides is 1. The predicted molar refractivity (Wildman–Crippen MR) is 96.4 cm³/mol. The van der Waals surface area contributed by atoms with Crippen LogP contribution in [0.3, 0.4) is 0 Å². The van der Waals surface area contributed by atoms with Gasteiger partial charge in [0, 0.05) is 19.6 Å². The van der Waals surface area contributed by atoms with Crippen molar-refractivity contribution >= 4 is 16.7 Å². The Balaban J connectivity index is 1.59. The van der Waals surface area contributed by atoms with E-state index in [0.29, 0.717) is 6.54 Å². The summed E-state index contributed by atoms with van der Waals surface area (Å²) >= 11 is 0. The van der Waals surface area contributed by atoms with Gasteiger partial charge in [0.1, 0.15) is 11.5 Å². The third kappa shape index (κ3) is 4.41. The Morgan fingerprint density at radius 2 is 2.04 bits per heavy atom. The molecular formula is C19H24N2O4. The molecule has 0 atom stereocenters. The molecule has 1 amide bonds. The summed E-state index contributed by atoms with van der Waals surface area (Å²) in [7, 11) is 1.60. The van der Waals surface area contributed by atoms with E-state index in [1.807, 2.05) is 18.2 Å². The first-order chi connectivity index (χ1) is 12.2. The maximum absolute atomic E-state index is 12.4. The number of fused-ring (bicyclic) bond motifs is 1. The van der Waals surface area contributed by atoms with Crippen molar-refractivity contribution in [2.24, 2.45) is 0 Å². The Bertz CT molecular complexity index is 742. The maximum atomic E-state index is 12.4. The molecule has 0 aromatic heterocycles. The summed E-state index contributed by atoms with van der Waals surface area (Å²) in [6.45, 7) is 4.96. The normalized spacial score (nSPS) is 15.2. The molecule has 2 N–H and O–H groups in total. The van der Waals surface area contributed by atoms with Crippen molar-refractivity contribution in [2.45, 2.75) is 6.42 Å². The lowest BCUT2D eigenvalue weighted by Crippen LogP contribution is -2.38. The second-order valence-electron chi connectivity index (χ2n) is 6.15. The quantitative estimate of drug-likeness (QED) is 0.785. The van der Waals surface area contributed by atoms with E-state index in [-0.39, 0.29) is 17.2 Å². The molecule has 0 unspecified atom stereocenters. The number of carbonyl (C=O) groups is 1. The van der Waals surface area contributed by atoms with Crippen LogP contribution in [0.25, 0.3) is 10.8 Å². The van der Waals surface area contributed by atoms with Crippen LogP contribution in [0.2, 0.25) is 0 Å². The number of phenols is 1. The van der Waals surface area contributed by atoms with E-state index < -0.39 is 0 Å². The number of morpholine rings is 1. The van der Waals surface area contributed by atoms with Crippen molar-refractivity contribution in [3.8, 4) is 11.5 Å². The second-order valence-corrected chi connectivity index (χ2v) is 6.15. The molecule has 1 aliphatic heterocycles. The van der Waals surface area contributed by atoms with Crippen LogP contribution in [0.5, 0.6) is 11.5 Å². The highest BCUT2D eigenvalue weighted by molar-refractivity contribution is 6.01. The number of methoxy groups -OCH3 is 1. The fourth-order valence-corrected chi connectivity index (χ4v) is 3.00. The molecule has 0 spiro atoms. The molecule has 1 aliphatic rings. The molecule has 0 bridgehead atoms. The fourth-order valence-electron chi connectivity index (χ4n) is 3.00. The van der Waals surface area contributed by atoms with E-state index in [9.17, 15) is 9.90 Å². The summed E-state index contributed by atoms with van der Waals surface area (Å²) in [5.41, 5.74) is 0.284. The number of ether oxygens (including phenoxy) is 2. The molecule has 1 heterocycles. The second kappa shape index (κ2) is 8.18. The van der Waals surface area contributed by atoms with Gasteiger partial charge in [0.15, 0.2) is 0 Å². The first-order valence-corrected chi connectivity index (χ1v) is 8.56. The highest BCUT2D eigenvalue weighted by Gasteiger charge is 2.13. The molecule has 0 saturated carbocycles. The fraction of sp³-hybridized carbons (Fsp3) is 0.421. The van der Waals surface area contributed by atoms with Crippen LogP contribution in [-0.2, 0) is 4.74 Å². The molecule has 25 heavy (non-hydrogen) atoms. The average Bonchev–Trinajstić information content (AvgIpc) is 2.65. The molecule has 3 rings (SSSR count). The van der Waals surface area contributed by atoms with Gasteiger partial charge >= 0.3 is 0 Å². The number of rotatable bonds is 6. The summed E-state index contributed by atoms with van der Waals surface area (Å²) in [5.74, 6) is 0.447. The SMILES string of the molecule is COc1ccc2cc(O)c(C(=O)NCCCN3CCOCC3)cc2c1. The molecule has 6 nitrogen and oxygen atoms in total. The molecule has 2 aromatic carbocycles. The van der Waals surface area contributed by atoms with Gasteiger partial charge in [-0.2, -0.15) is 0 Å². The maximum Gasteiger partial charge on any atom is 0.255 e. The lowest BCUT2D eigenvalue weighted by atomic mass is 10.0. The lowest BCUT2D eigenvalue weighted by molar-refractivity contribution is 0.0374. The number of phenolic OH excluding ortho intramolecular Hbond substituents is 1. The van der Waals surface area contributed by atoms with E-state index >= 15 is 0 Å². The highest BCUT2D eigenvalue weighted by Crippen LogP contribution is 2.27. The van der Waals surface area contributed by atoms with Crippen molar-refractivity contribution in [2.75, 3.05) is 46.5 Å². The van der Waals surface area contributed by atoms with Gasteiger partial charge in [-0.3, -0.25) is 9.69 Å². The Morgan fingerprint density at radius 3 is 2.80 bits per heavy atom. The van der Waals surface area contributed by atoms with Gasteiger partial charge in [-0.05, 0) is 48.0 Å². The number of nitrogens with one attached hydrogen (secondary N) is 1. The van der Waals surface area contributed by atoms with Gasteiger partial charge in [-0.15, -0.1) is 0 Å². The van der Waals surface area contributed by atoms with Gasteiger partial charge in [-0.25, -0.2) is 0 Å². The minimum atomic E-state index is -0.260. The summed E-state index contributed by atoms with van der Waals surface area (Å²) in [6.07, 6.45) is 0.869. The highest BCUT2D eigenvalue weighted by atomic mass is 16.5. The van der Waals surface area contributed by atoms with Crippen LogP contribution in [0, 0.1) is 0 Å². The van der Waals surface area contributed by atoms with E-state index in [4.69, 9.17) is 9.47 Å². The number of aromatic hydroxyl groups is 1. The van der Waals surface area contributed by atoms with Crippen molar-refractivity contribution in [1.82, 2.24) is 10.2 Å². The summed E-state index contributed by atoms with van der Waals surface area (Å²) in [5, 5.41) is 14.8. The van der Waals surface area contributed by atoms with Crippen molar-refractivity contribution < 1.29 is 19.4 Å². The van der Waals surface area contributed by atoms with E-state index in [2.05, 4.69) is 10.2 Å². The topological polar surface area (TPSA) is 71.0 Å². The summed E-state index contributed by atoms with van der Waals surface area (Å²) < 4.78 is 10.5. The van der Waals surface area contributed by atoms with Gasteiger partial charge in [0.2, 0.25) is 0 Å². The van der Waals surface area contributed by atoms with E-state index in [1.54, 1.807) is 19.2 Å². The van der Waals surface area contributed by atoms with Crippen LogP contribution in [0.1, 0.15) is 16.8 Å². The monoisotopic (exact) mass is 344 g/mol. The van der Waals surface area contributed by atoms with Crippen molar-refractivity contribution in [3.63, 3.8) is 0 Å². The summed E-state index contributed by atoms with van der Waals surface area (Å²) in [6, 6.07) is 8.84. The minimum Gasteiger partial charge on any atom is -0.507 e. The van der Waals surface area contributed by atoms with Gasteiger partial charge in [0.05, 0.1) is 25.9 Å². The zero-order chi connectivity index (χ0) is 17.6. The third-order valence-electron chi connectivity index (χ3n) is 4.45. The van der Waals surface area contributed by atoms with E-state index in [0.717, 1.165) is 55.8 Å². The summed E-state index contributed by atoms with van der Waals surface area (Å²) in [4.78, 5) is 14.7. The number of nitrogens with zero attached hydrogens (tertiary/aromatic N) is 1. The number of carbonyl (C=O) groups excluding carboxylic acids is 1. The van der Waals surface area contributed by atoms with Gasteiger partial charge in [-0.1, -0.05) is 6.07 Å². The van der Waals surface area contributed by atoms with Crippen LogP contribution < -0.4 is 10.1 Å². The molecule has 0 aliphatic carbocycles. The largest absolute Gasteiger partial charge is 0.507 e. The van der Waals surface area contributed by atoms with Crippen LogP contribution in [0.15, 0.2) is 30.3 Å². The number of benzene rings is 2. The zero-order valence-corrected chi connectivity index (χ0v) is 14.5. The average molecular weight is 344 g/mol. The van der Waals surface area contributed by atoms with Crippen LogP contribution in [0.4, 0.5) is 0 Å². The van der Waals surface area contributed by atoms with Crippen molar-refractivity contribution in [1.29, 1.82) is 0 Å². The standard InChI is InChI=1S/C19H24N2O4/c1-24-16-4-3-14-13-18(22)17(12-15(14)11-16)19(23)20-5-2-6-21-7-9-25-10-8-21/h3-4,11-13,22H,2,5-10H2,1H3,(H,20,23). The molecule has 6 heteroatoms. The Labute approximate surface area is 147 Å². The van der Waals surface area contributed by atoms with Gasteiger partial charge in [0.25, 0.3) is 5.91 Å². The Hall–Kier alpha value is -2.31. The van der Waals surface area contributed by atoms with Crippen molar-refractivity contribution in [3.05, 3.63) is 35.9 Å². The molecule has 134 valence electrons. The Morgan fingerprint density at radius 1 is 1.24 bits per heavy atom. The van der Waals surface area contributed by atoms with Crippen LogP contribution in [-0.4, -0.2) is 62.4 Å². The molecular weight excluding hydrogens is 320 g/mol. The predicted octanol–water partition coefficient (Wildman–Crippen LogP) is 2.01. The lowest BCUT2D eigenvalue weighted by Gasteiger charge is -2.26. The zero-order valence-electron chi connectivity index (χ0n) is 14.5. The number of hydrogen-bond donors (Lipinski definition) is 2. The smallest absolute Gasteiger partial charge is 0.255 e. The first kappa shape index (κ1) is 17.5. The molecule has 0 radical (unpaired) electrons. The first-order valence-electron chi connectivity index (χ1n) is 8.56. The van der Waals surface area contributed by atoms with Crippen LogP contribution >= 0.6 is 0 Å². The molecule has 1 saturated heterocycles. The van der Waals surface area contributed by atoms with E-state index in [1.165, 1.54) is 0 Å². The van der Waals surface area contributed by atoms with Gasteiger partial charge < -0.3 is 19.9 Å². The minimum absolute atomic E-state index is 0.0108. The third-order valence-corrected chi connectivity index (χ3v) is 4.45. The Kier molecular flexibility index (Phi) is 5.73.